The molecule has 0 spiro atoms. The van der Waals surface area contributed by atoms with Gasteiger partial charge in [0.15, 0.2) is 5.65 Å². The van der Waals surface area contributed by atoms with E-state index in [1.54, 1.807) is 4.90 Å². The van der Waals surface area contributed by atoms with Gasteiger partial charge in [-0.15, -0.1) is 0 Å². The van der Waals surface area contributed by atoms with Crippen LogP contribution in [0.1, 0.15) is 45.2 Å². The van der Waals surface area contributed by atoms with E-state index in [-0.39, 0.29) is 12.1 Å². The van der Waals surface area contributed by atoms with E-state index in [1.807, 2.05) is 25.5 Å². The first kappa shape index (κ1) is 24.5. The van der Waals surface area contributed by atoms with Crippen LogP contribution in [0, 0.1) is 0 Å². The van der Waals surface area contributed by atoms with E-state index in [9.17, 15) is 4.79 Å². The highest BCUT2D eigenvalue weighted by molar-refractivity contribution is 5.98. The molecule has 0 bridgehead atoms. The number of fused-ring (bicyclic) bond motifs is 1. The Morgan fingerprint density at radius 1 is 1.14 bits per heavy atom. The molecule has 2 aromatic heterocycles. The van der Waals surface area contributed by atoms with Gasteiger partial charge in [0.05, 0.1) is 24.6 Å². The number of hydrogen-bond donors (Lipinski definition) is 1. The Kier molecular flexibility index (Phi) is 6.81. The fraction of sp³-hybridized carbons (Fsp3) is 0.538. The molecular formula is C26H35N7O3. The number of ether oxygens (including phenoxy) is 2. The van der Waals surface area contributed by atoms with Gasteiger partial charge in [-0.2, -0.15) is 5.10 Å². The maximum Gasteiger partial charge on any atom is 0.410 e. The molecule has 3 aromatic rings. The molecular weight excluding hydrogens is 458 g/mol. The van der Waals surface area contributed by atoms with Gasteiger partial charge >= 0.3 is 6.09 Å². The molecule has 10 heteroatoms. The summed E-state index contributed by atoms with van der Waals surface area (Å²) < 4.78 is 13.0. The molecule has 192 valence electrons. The quantitative estimate of drug-likeness (QED) is 0.588. The Balaban J connectivity index is 1.42. The summed E-state index contributed by atoms with van der Waals surface area (Å²) in [5.41, 5.74) is 9.45. The van der Waals surface area contributed by atoms with Crippen LogP contribution in [0.3, 0.4) is 0 Å². The molecule has 2 aliphatic rings. The molecule has 1 unspecified atom stereocenters. The Labute approximate surface area is 211 Å². The molecule has 36 heavy (non-hydrogen) atoms. The third-order valence-corrected chi connectivity index (χ3v) is 6.65. The van der Waals surface area contributed by atoms with Gasteiger partial charge in [-0.05, 0) is 39.2 Å². The van der Waals surface area contributed by atoms with E-state index < -0.39 is 5.60 Å². The molecule has 5 rings (SSSR count). The molecule has 1 aromatic carbocycles. The van der Waals surface area contributed by atoms with Gasteiger partial charge in [-0.25, -0.2) is 19.4 Å². The van der Waals surface area contributed by atoms with Crippen LogP contribution >= 0.6 is 0 Å². The van der Waals surface area contributed by atoms with Gasteiger partial charge in [0.2, 0.25) is 0 Å². The van der Waals surface area contributed by atoms with Crippen LogP contribution in [-0.4, -0.2) is 80.6 Å². The van der Waals surface area contributed by atoms with Crippen molar-refractivity contribution in [2.45, 2.75) is 51.8 Å². The lowest BCUT2D eigenvalue weighted by atomic mass is 10.1. The first-order valence-corrected chi connectivity index (χ1v) is 12.6. The summed E-state index contributed by atoms with van der Waals surface area (Å²) >= 11 is 0. The molecule has 2 aliphatic heterocycles. The molecule has 4 heterocycles. The molecule has 10 nitrogen and oxygen atoms in total. The zero-order valence-corrected chi connectivity index (χ0v) is 21.3. The first-order chi connectivity index (χ1) is 17.3. The second kappa shape index (κ2) is 10.0. The van der Waals surface area contributed by atoms with Crippen molar-refractivity contribution in [1.29, 1.82) is 0 Å². The predicted molar refractivity (Wildman–Crippen MR) is 137 cm³/mol. The highest BCUT2D eigenvalue weighted by Crippen LogP contribution is 2.34. The van der Waals surface area contributed by atoms with Gasteiger partial charge < -0.3 is 20.1 Å². The number of piperidine rings is 1. The van der Waals surface area contributed by atoms with E-state index in [2.05, 4.69) is 39.1 Å². The lowest BCUT2D eigenvalue weighted by Gasteiger charge is -2.34. The summed E-state index contributed by atoms with van der Waals surface area (Å²) in [5.74, 6) is 0.401. The van der Waals surface area contributed by atoms with Crippen molar-refractivity contribution in [3.8, 4) is 11.3 Å². The molecule has 2 saturated heterocycles. The highest BCUT2D eigenvalue weighted by atomic mass is 16.6. The summed E-state index contributed by atoms with van der Waals surface area (Å²) in [6, 6.07) is 8.42. The monoisotopic (exact) mass is 493 g/mol. The molecule has 0 saturated carbocycles. The number of hydrogen-bond acceptors (Lipinski definition) is 8. The van der Waals surface area contributed by atoms with E-state index >= 15 is 0 Å². The maximum absolute atomic E-state index is 12.7. The average Bonchev–Trinajstić information content (AvgIpc) is 3.25. The summed E-state index contributed by atoms with van der Waals surface area (Å²) in [6.07, 6.45) is 2.92. The fourth-order valence-electron chi connectivity index (χ4n) is 4.88. The number of aromatic nitrogens is 4. The second-order valence-corrected chi connectivity index (χ2v) is 10.6. The normalized spacial score (nSPS) is 19.5. The number of morpholine rings is 1. The van der Waals surface area contributed by atoms with Crippen LogP contribution in [0.4, 0.5) is 10.6 Å². The summed E-state index contributed by atoms with van der Waals surface area (Å²) in [4.78, 5) is 25.7. The van der Waals surface area contributed by atoms with E-state index in [4.69, 9.17) is 20.3 Å². The smallest absolute Gasteiger partial charge is 0.410 e. The second-order valence-electron chi connectivity index (χ2n) is 10.6. The van der Waals surface area contributed by atoms with Crippen molar-refractivity contribution >= 4 is 22.9 Å². The minimum atomic E-state index is -0.536. The number of nitrogens with two attached hydrogens (primary N) is 1. The lowest BCUT2D eigenvalue weighted by Crippen LogP contribution is -2.43. The summed E-state index contributed by atoms with van der Waals surface area (Å²) in [7, 11) is 0. The number of nitrogens with zero attached hydrogens (tertiary/aromatic N) is 6. The lowest BCUT2D eigenvalue weighted by molar-refractivity contribution is 0.0169. The number of carbonyl (C=O) groups excluding carboxylic acids is 1. The topological polar surface area (TPSA) is 112 Å². The molecule has 1 atom stereocenters. The molecule has 1 amide bonds. The average molecular weight is 494 g/mol. The largest absolute Gasteiger partial charge is 0.444 e. The number of carbonyl (C=O) groups is 1. The molecule has 2 N–H and O–H groups in total. The van der Waals surface area contributed by atoms with Gasteiger partial charge in [-0.3, -0.25) is 4.90 Å². The molecule has 0 radical (unpaired) electrons. The number of anilines is 1. The number of likely N-dealkylation sites (tertiary alicyclic amines) is 1. The van der Waals surface area contributed by atoms with Crippen molar-refractivity contribution in [3.05, 3.63) is 36.2 Å². The van der Waals surface area contributed by atoms with E-state index in [0.717, 1.165) is 62.3 Å². The van der Waals surface area contributed by atoms with Crippen molar-refractivity contribution < 1.29 is 14.3 Å². The summed E-state index contributed by atoms with van der Waals surface area (Å²) in [6.45, 7) is 11.2. The van der Waals surface area contributed by atoms with Crippen molar-refractivity contribution in [1.82, 2.24) is 29.5 Å². The summed E-state index contributed by atoms with van der Waals surface area (Å²) in [5, 5.41) is 5.73. The van der Waals surface area contributed by atoms with Crippen molar-refractivity contribution in [3.63, 3.8) is 0 Å². The zero-order chi connectivity index (χ0) is 25.3. The van der Waals surface area contributed by atoms with Crippen LogP contribution in [0.25, 0.3) is 22.3 Å². The van der Waals surface area contributed by atoms with Crippen LogP contribution in [0.15, 0.2) is 30.6 Å². The first-order valence-electron chi connectivity index (χ1n) is 12.6. The third-order valence-electron chi connectivity index (χ3n) is 6.65. The maximum atomic E-state index is 12.7. The number of amides is 1. The van der Waals surface area contributed by atoms with E-state index in [0.29, 0.717) is 24.6 Å². The SMILES string of the molecule is CC(C)(C)OC(=O)N1CCCC(n2nc(-c3ccc(CN4CCOCC4)cc3)c3c(N)ncnc32)C1. The third kappa shape index (κ3) is 5.29. The minimum absolute atomic E-state index is 0.0302. The highest BCUT2D eigenvalue weighted by Gasteiger charge is 2.31. The van der Waals surface area contributed by atoms with Crippen LogP contribution in [0.2, 0.25) is 0 Å². The van der Waals surface area contributed by atoms with Gasteiger partial charge in [0.25, 0.3) is 0 Å². The number of rotatable bonds is 4. The Bertz CT molecular complexity index is 1210. The Morgan fingerprint density at radius 3 is 2.61 bits per heavy atom. The van der Waals surface area contributed by atoms with Crippen LogP contribution < -0.4 is 5.73 Å². The fourth-order valence-corrected chi connectivity index (χ4v) is 4.88. The molecule has 2 fully saturated rings. The minimum Gasteiger partial charge on any atom is -0.444 e. The number of benzene rings is 1. The van der Waals surface area contributed by atoms with Crippen LogP contribution in [-0.2, 0) is 16.0 Å². The number of nitrogen functional groups attached to an aromatic ring is 1. The van der Waals surface area contributed by atoms with Gasteiger partial charge in [0.1, 0.15) is 23.4 Å². The standard InChI is InChI=1S/C26H35N7O3/c1-26(2,3)36-25(34)32-10-4-5-20(16-32)33-24-21(23(27)28-17-29-24)22(30-33)19-8-6-18(7-9-19)15-31-11-13-35-14-12-31/h6-9,17,20H,4-5,10-16H2,1-3H3,(H2,27,28,29). The Morgan fingerprint density at radius 2 is 1.89 bits per heavy atom. The zero-order valence-electron chi connectivity index (χ0n) is 21.3. The molecule has 0 aliphatic carbocycles. The van der Waals surface area contributed by atoms with Gasteiger partial charge in [-0.1, -0.05) is 24.3 Å². The Hall–Kier alpha value is -3.24. The van der Waals surface area contributed by atoms with Crippen molar-refractivity contribution in [2.75, 3.05) is 45.1 Å². The van der Waals surface area contributed by atoms with Crippen molar-refractivity contribution in [2.24, 2.45) is 0 Å². The van der Waals surface area contributed by atoms with Crippen LogP contribution in [0.5, 0.6) is 0 Å². The van der Waals surface area contributed by atoms with E-state index in [1.165, 1.54) is 11.9 Å². The predicted octanol–water partition coefficient (Wildman–Crippen LogP) is 3.48. The van der Waals surface area contributed by atoms with Gasteiger partial charge in [0, 0.05) is 38.3 Å².